The summed E-state index contributed by atoms with van der Waals surface area (Å²) in [6.45, 7) is 11.4. The van der Waals surface area contributed by atoms with Crippen LogP contribution in [0, 0.1) is 11.3 Å². The summed E-state index contributed by atoms with van der Waals surface area (Å²) in [6.07, 6.45) is 10.0. The second-order valence-electron chi connectivity index (χ2n) is 21.8. The molecule has 0 radical (unpaired) electrons. The lowest BCUT2D eigenvalue weighted by molar-refractivity contribution is -0.137. The average Bonchev–Trinajstić information content (AvgIpc) is 4.08. The molecule has 0 bridgehead atoms. The Balaban J connectivity index is 0.692. The number of fused-ring (bicyclic) bond motifs is 4. The van der Waals surface area contributed by atoms with Crippen LogP contribution in [0.5, 0.6) is 0 Å². The summed E-state index contributed by atoms with van der Waals surface area (Å²) in [4.78, 5) is 67.8. The van der Waals surface area contributed by atoms with E-state index >= 15 is 8.78 Å². The van der Waals surface area contributed by atoms with Crippen molar-refractivity contribution in [1.82, 2.24) is 39.2 Å². The zero-order valence-electron chi connectivity index (χ0n) is 40.8. The van der Waals surface area contributed by atoms with Gasteiger partial charge in [0.05, 0.1) is 18.3 Å². The Bertz CT molecular complexity index is 3020. The first-order valence-corrected chi connectivity index (χ1v) is 26.1. The van der Waals surface area contributed by atoms with Crippen LogP contribution in [0.15, 0.2) is 55.0 Å². The SMILES string of the molecule is CC(=O)N1CCc2c(c(N3CCCc4cc(-c5cc6nccn6cc5N5CCN(CC6CC7(C6)CN(c6ccc8c(c6)CN(C6CCC(=O)NC6=O)C8=O)C7)CC5)c(C(F)F)cc43)nn2C2CCOCC2)C1. The fourth-order valence-corrected chi connectivity index (χ4v) is 13.6. The molecule has 3 aromatic heterocycles. The van der Waals surface area contributed by atoms with Crippen molar-refractivity contribution >= 4 is 52.2 Å². The first-order chi connectivity index (χ1) is 35.0. The molecular formula is C54H61F2N11O5. The first-order valence-electron chi connectivity index (χ1n) is 26.1. The van der Waals surface area contributed by atoms with Crippen LogP contribution in [0.3, 0.4) is 0 Å². The van der Waals surface area contributed by atoms with Gasteiger partial charge in [-0.3, -0.25) is 34.1 Å². The number of aryl methyl sites for hydroxylation is 1. The van der Waals surface area contributed by atoms with Crippen molar-refractivity contribution < 1.29 is 32.7 Å². The summed E-state index contributed by atoms with van der Waals surface area (Å²) in [5.74, 6) is 0.590. The highest BCUT2D eigenvalue weighted by Crippen LogP contribution is 2.54. The molecule has 1 saturated carbocycles. The molecule has 5 fully saturated rings. The minimum absolute atomic E-state index is 0.00398. The van der Waals surface area contributed by atoms with Gasteiger partial charge in [0, 0.05) is 162 Å². The van der Waals surface area contributed by atoms with Gasteiger partial charge in [0.15, 0.2) is 5.82 Å². The number of hydrogen-bond donors (Lipinski definition) is 1. The molecule has 5 aromatic rings. The highest BCUT2D eigenvalue weighted by molar-refractivity contribution is 6.05. The maximum atomic E-state index is 15.7. The van der Waals surface area contributed by atoms with Crippen molar-refractivity contribution in [3.05, 3.63) is 88.5 Å². The number of anilines is 4. The van der Waals surface area contributed by atoms with Crippen molar-refractivity contribution in [2.24, 2.45) is 11.3 Å². The standard InChI is InChI=1S/C54H61F2N11O5/c1-33(68)62-13-8-44-43(29-62)51(59-67(44)37-9-19-72-20-10-37)65-12-2-3-35-22-40(42(50(55)56)23-46(35)65)41-24-48-57-11-14-63(48)30-47(41)61-17-15-60(16-18-61)27-34-25-54(26-34)31-64(32-54)38-4-5-39-36(21-38)28-66(53(39)71)45-6-7-49(69)58-52(45)70/h4-5,11,14,21-24,30,34,37,45,50H,2-3,6-10,12-13,15-20,25-29,31-32H2,1H3,(H,58,69,70). The molecule has 16 nitrogen and oxygen atoms in total. The van der Waals surface area contributed by atoms with Crippen molar-refractivity contribution in [2.75, 3.05) is 86.8 Å². The zero-order valence-corrected chi connectivity index (χ0v) is 40.8. The van der Waals surface area contributed by atoms with E-state index in [0.29, 0.717) is 80.3 Å². The van der Waals surface area contributed by atoms with E-state index < -0.39 is 18.4 Å². The molecule has 376 valence electrons. The normalized spacial score (nSPS) is 22.6. The number of rotatable bonds is 9. The number of halogens is 2. The summed E-state index contributed by atoms with van der Waals surface area (Å²) in [5, 5.41) is 7.68. The van der Waals surface area contributed by atoms with Gasteiger partial charge in [0.1, 0.15) is 11.7 Å². The predicted octanol–water partition coefficient (Wildman–Crippen LogP) is 6.28. The number of carbonyl (C=O) groups is 4. The van der Waals surface area contributed by atoms with Crippen molar-refractivity contribution in [3.63, 3.8) is 0 Å². The Hall–Kier alpha value is -6.40. The number of nitrogens with zero attached hydrogens (tertiary/aromatic N) is 10. The van der Waals surface area contributed by atoms with E-state index in [2.05, 4.69) is 46.8 Å². The summed E-state index contributed by atoms with van der Waals surface area (Å²) < 4.78 is 41.2. The lowest BCUT2D eigenvalue weighted by Crippen LogP contribution is -2.64. The van der Waals surface area contributed by atoms with Crippen LogP contribution < -0.4 is 20.0 Å². The molecular weight excluding hydrogens is 921 g/mol. The fourth-order valence-electron chi connectivity index (χ4n) is 13.6. The molecule has 1 aliphatic carbocycles. The second kappa shape index (κ2) is 17.7. The molecule has 10 heterocycles. The van der Waals surface area contributed by atoms with Gasteiger partial charge in [0.25, 0.3) is 12.3 Å². The van der Waals surface area contributed by atoms with Gasteiger partial charge in [-0.1, -0.05) is 0 Å². The third-order valence-electron chi connectivity index (χ3n) is 17.3. The van der Waals surface area contributed by atoms with E-state index in [1.165, 1.54) is 12.8 Å². The molecule has 7 aliphatic heterocycles. The molecule has 1 N–H and O–H groups in total. The third kappa shape index (κ3) is 7.81. The molecule has 4 saturated heterocycles. The van der Waals surface area contributed by atoms with Crippen molar-refractivity contribution in [3.8, 4) is 11.1 Å². The molecule has 13 rings (SSSR count). The number of piperidine rings is 1. The van der Waals surface area contributed by atoms with E-state index in [1.807, 2.05) is 39.8 Å². The second-order valence-corrected chi connectivity index (χ2v) is 21.8. The van der Waals surface area contributed by atoms with Gasteiger partial charge in [-0.15, -0.1) is 0 Å². The topological polar surface area (TPSA) is 144 Å². The Morgan fingerprint density at radius 3 is 2.46 bits per heavy atom. The maximum Gasteiger partial charge on any atom is 0.264 e. The van der Waals surface area contributed by atoms with Crippen LogP contribution in [0.2, 0.25) is 0 Å². The Labute approximate surface area is 416 Å². The average molecular weight is 982 g/mol. The largest absolute Gasteiger partial charge is 0.381 e. The van der Waals surface area contributed by atoms with E-state index in [4.69, 9.17) is 9.84 Å². The third-order valence-corrected chi connectivity index (χ3v) is 17.3. The van der Waals surface area contributed by atoms with E-state index in [0.717, 1.165) is 122 Å². The monoisotopic (exact) mass is 981 g/mol. The van der Waals surface area contributed by atoms with Gasteiger partial charge < -0.3 is 33.6 Å². The number of imide groups is 1. The van der Waals surface area contributed by atoms with Crippen molar-refractivity contribution in [2.45, 2.75) is 96.3 Å². The fraction of sp³-hybridized carbons (Fsp3) is 0.519. The number of pyridine rings is 1. The highest BCUT2D eigenvalue weighted by atomic mass is 19.3. The van der Waals surface area contributed by atoms with Gasteiger partial charge in [-0.25, -0.2) is 13.8 Å². The van der Waals surface area contributed by atoms with Gasteiger partial charge in [0.2, 0.25) is 17.7 Å². The number of hydrogen-bond acceptors (Lipinski definition) is 11. The minimum atomic E-state index is -2.72. The number of piperazine rings is 1. The molecule has 4 amide bonds. The summed E-state index contributed by atoms with van der Waals surface area (Å²) in [5.41, 5.74) is 9.89. The minimum Gasteiger partial charge on any atom is -0.381 e. The Morgan fingerprint density at radius 1 is 0.861 bits per heavy atom. The first kappa shape index (κ1) is 45.5. The molecule has 1 unspecified atom stereocenters. The van der Waals surface area contributed by atoms with Crippen LogP contribution >= 0.6 is 0 Å². The number of ether oxygens (including phenoxy) is 1. The van der Waals surface area contributed by atoms with Crippen LogP contribution in [-0.2, 0) is 45.1 Å². The van der Waals surface area contributed by atoms with E-state index in [9.17, 15) is 19.2 Å². The molecule has 1 spiro atoms. The number of aromatic nitrogens is 4. The number of carbonyl (C=O) groups excluding carboxylic acids is 4. The molecule has 1 atom stereocenters. The van der Waals surface area contributed by atoms with Crippen LogP contribution in [0.4, 0.5) is 31.7 Å². The quantitative estimate of drug-likeness (QED) is 0.167. The van der Waals surface area contributed by atoms with E-state index in [1.54, 1.807) is 24.1 Å². The van der Waals surface area contributed by atoms with E-state index in [-0.39, 0.29) is 35.7 Å². The predicted molar refractivity (Wildman–Crippen MR) is 266 cm³/mol. The molecule has 18 heteroatoms. The van der Waals surface area contributed by atoms with Crippen LogP contribution in [0.25, 0.3) is 16.8 Å². The van der Waals surface area contributed by atoms with Gasteiger partial charge in [-0.05, 0) is 104 Å². The van der Waals surface area contributed by atoms with Crippen LogP contribution in [0.1, 0.15) is 103 Å². The maximum absolute atomic E-state index is 15.7. The number of nitrogens with one attached hydrogen (secondary N) is 1. The van der Waals surface area contributed by atoms with Crippen molar-refractivity contribution in [1.29, 1.82) is 0 Å². The number of benzene rings is 2. The Kier molecular flexibility index (Phi) is 11.2. The number of amides is 4. The van der Waals surface area contributed by atoms with Gasteiger partial charge >= 0.3 is 0 Å². The summed E-state index contributed by atoms with van der Waals surface area (Å²) in [6, 6.07) is 11.3. The molecule has 72 heavy (non-hydrogen) atoms. The number of imidazole rings is 1. The molecule has 2 aromatic carbocycles. The summed E-state index contributed by atoms with van der Waals surface area (Å²) in [7, 11) is 0. The lowest BCUT2D eigenvalue weighted by Gasteiger charge is -2.60. The number of alkyl halides is 2. The lowest BCUT2D eigenvalue weighted by atomic mass is 9.57. The Morgan fingerprint density at radius 2 is 1.68 bits per heavy atom. The zero-order chi connectivity index (χ0) is 49.0. The van der Waals surface area contributed by atoms with Crippen LogP contribution in [-0.4, -0.2) is 136 Å². The smallest absolute Gasteiger partial charge is 0.264 e. The summed E-state index contributed by atoms with van der Waals surface area (Å²) >= 11 is 0. The highest BCUT2D eigenvalue weighted by Gasteiger charge is 2.53. The molecule has 8 aliphatic rings. The van der Waals surface area contributed by atoms with Gasteiger partial charge in [-0.2, -0.15) is 5.10 Å².